The minimum Gasteiger partial charge on any atom is -0.616 e. The van der Waals surface area contributed by atoms with Gasteiger partial charge in [-0.15, -0.1) is 0 Å². The number of fused-ring (bicyclic) bond motifs is 1. The second-order valence-electron chi connectivity index (χ2n) is 6.65. The van der Waals surface area contributed by atoms with Crippen LogP contribution >= 0.6 is 23.4 Å². The molecule has 1 aromatic carbocycles. The third kappa shape index (κ3) is 5.06. The van der Waals surface area contributed by atoms with Crippen LogP contribution in [0.4, 0.5) is 11.8 Å². The Kier molecular flexibility index (Phi) is 7.11. The zero-order valence-corrected chi connectivity index (χ0v) is 18.5. The van der Waals surface area contributed by atoms with E-state index >= 15 is 0 Å². The van der Waals surface area contributed by atoms with E-state index in [4.69, 9.17) is 11.6 Å². The smallest absolute Gasteiger partial charge is 0.225 e. The summed E-state index contributed by atoms with van der Waals surface area (Å²) < 4.78 is 11.8. The molecular weight excluding hydrogens is 444 g/mol. The SMILES string of the molecule is [O-][S+]1CCN(c2nc(NCCO)nc3c(SCc4ccc(Cl)cc4)ncnc23)CC1. The first-order valence-electron chi connectivity index (χ1n) is 9.48. The second-order valence-corrected chi connectivity index (χ2v) is 9.74. The zero-order chi connectivity index (χ0) is 20.9. The number of aliphatic hydroxyl groups is 1. The van der Waals surface area contributed by atoms with E-state index in [1.165, 1.54) is 6.33 Å². The van der Waals surface area contributed by atoms with Crippen molar-refractivity contribution in [1.29, 1.82) is 0 Å². The van der Waals surface area contributed by atoms with Crippen LogP contribution in [0.5, 0.6) is 0 Å². The largest absolute Gasteiger partial charge is 0.616 e. The van der Waals surface area contributed by atoms with E-state index in [0.717, 1.165) is 10.6 Å². The molecular formula is C19H21ClN6O2S2. The van der Waals surface area contributed by atoms with Crippen molar-refractivity contribution in [1.82, 2.24) is 19.9 Å². The van der Waals surface area contributed by atoms with Gasteiger partial charge in [-0.1, -0.05) is 46.7 Å². The van der Waals surface area contributed by atoms with Crippen LogP contribution in [0, 0.1) is 0 Å². The molecule has 0 saturated carbocycles. The summed E-state index contributed by atoms with van der Waals surface area (Å²) in [7, 11) is 0. The van der Waals surface area contributed by atoms with Crippen molar-refractivity contribution < 1.29 is 9.66 Å². The maximum atomic E-state index is 11.8. The molecule has 0 aliphatic carbocycles. The molecule has 0 radical (unpaired) electrons. The lowest BCUT2D eigenvalue weighted by atomic mass is 10.2. The number of hydrogen-bond donors (Lipinski definition) is 2. The highest BCUT2D eigenvalue weighted by Crippen LogP contribution is 2.31. The number of benzene rings is 1. The van der Waals surface area contributed by atoms with Crippen molar-refractivity contribution >= 4 is 57.3 Å². The molecule has 1 fully saturated rings. The molecule has 1 aliphatic heterocycles. The summed E-state index contributed by atoms with van der Waals surface area (Å²) in [4.78, 5) is 20.3. The van der Waals surface area contributed by atoms with Crippen LogP contribution < -0.4 is 10.2 Å². The lowest BCUT2D eigenvalue weighted by molar-refractivity contribution is 0.311. The number of thioether (sulfide) groups is 1. The van der Waals surface area contributed by atoms with Crippen LogP contribution in [-0.4, -0.2) is 67.3 Å². The van der Waals surface area contributed by atoms with Gasteiger partial charge in [-0.2, -0.15) is 4.98 Å². The summed E-state index contributed by atoms with van der Waals surface area (Å²) in [6.45, 7) is 1.61. The van der Waals surface area contributed by atoms with Gasteiger partial charge in [-0.25, -0.2) is 15.0 Å². The maximum Gasteiger partial charge on any atom is 0.225 e. The van der Waals surface area contributed by atoms with Crippen molar-refractivity contribution in [2.45, 2.75) is 10.8 Å². The van der Waals surface area contributed by atoms with Crippen LogP contribution in [0.2, 0.25) is 5.02 Å². The van der Waals surface area contributed by atoms with Crippen LogP contribution in [0.1, 0.15) is 5.56 Å². The zero-order valence-electron chi connectivity index (χ0n) is 16.1. The van der Waals surface area contributed by atoms with Gasteiger partial charge in [0.05, 0.1) is 19.7 Å². The van der Waals surface area contributed by atoms with Crippen molar-refractivity contribution in [3.8, 4) is 0 Å². The average Bonchev–Trinajstić information content (AvgIpc) is 2.77. The average molecular weight is 465 g/mol. The van der Waals surface area contributed by atoms with Crippen LogP contribution in [0.25, 0.3) is 11.0 Å². The molecule has 0 bridgehead atoms. The number of halogens is 1. The molecule has 2 N–H and O–H groups in total. The Morgan fingerprint density at radius 1 is 1.13 bits per heavy atom. The Morgan fingerprint density at radius 2 is 1.90 bits per heavy atom. The van der Waals surface area contributed by atoms with Crippen molar-refractivity contribution in [3.63, 3.8) is 0 Å². The van der Waals surface area contributed by atoms with Gasteiger partial charge in [-0.3, -0.25) is 0 Å². The third-order valence-corrected chi connectivity index (χ3v) is 7.17. The van der Waals surface area contributed by atoms with E-state index in [-0.39, 0.29) is 6.61 Å². The molecule has 11 heteroatoms. The van der Waals surface area contributed by atoms with Gasteiger partial charge in [0.1, 0.15) is 33.9 Å². The number of aromatic nitrogens is 4. The fraction of sp³-hybridized carbons (Fsp3) is 0.368. The second kappa shape index (κ2) is 9.97. The molecule has 1 saturated heterocycles. The minimum absolute atomic E-state index is 0.0249. The molecule has 8 nitrogen and oxygen atoms in total. The van der Waals surface area contributed by atoms with E-state index in [1.807, 2.05) is 24.3 Å². The van der Waals surface area contributed by atoms with Gasteiger partial charge in [0, 0.05) is 17.3 Å². The summed E-state index contributed by atoms with van der Waals surface area (Å²) >= 11 is 6.75. The van der Waals surface area contributed by atoms with Gasteiger partial charge in [0.25, 0.3) is 0 Å². The van der Waals surface area contributed by atoms with E-state index in [9.17, 15) is 9.66 Å². The Balaban J connectivity index is 1.68. The predicted octanol–water partition coefficient (Wildman–Crippen LogP) is 2.34. The normalized spacial score (nSPS) is 15.0. The van der Waals surface area contributed by atoms with Gasteiger partial charge in [-0.05, 0) is 17.7 Å². The summed E-state index contributed by atoms with van der Waals surface area (Å²) in [5, 5.41) is 13.7. The number of aliphatic hydroxyl groups excluding tert-OH is 1. The first-order chi connectivity index (χ1) is 14.6. The molecule has 30 heavy (non-hydrogen) atoms. The monoisotopic (exact) mass is 464 g/mol. The van der Waals surface area contributed by atoms with Gasteiger partial charge < -0.3 is 19.9 Å². The van der Waals surface area contributed by atoms with Crippen LogP contribution in [-0.2, 0) is 16.9 Å². The summed E-state index contributed by atoms with van der Waals surface area (Å²) in [5.41, 5.74) is 2.46. The van der Waals surface area contributed by atoms with E-state index in [1.54, 1.807) is 11.8 Å². The topological polar surface area (TPSA) is 110 Å². The molecule has 4 rings (SSSR count). The molecule has 1 aliphatic rings. The lowest BCUT2D eigenvalue weighted by Gasteiger charge is -2.29. The summed E-state index contributed by atoms with van der Waals surface area (Å²) in [6, 6.07) is 7.71. The number of nitrogens with one attached hydrogen (secondary N) is 1. The van der Waals surface area contributed by atoms with Crippen molar-refractivity contribution in [2.24, 2.45) is 0 Å². The number of nitrogens with zero attached hydrogens (tertiary/aromatic N) is 5. The number of hydrogen-bond acceptors (Lipinski definition) is 9. The Labute approximate surface area is 186 Å². The summed E-state index contributed by atoms with van der Waals surface area (Å²) in [6.07, 6.45) is 1.53. The highest BCUT2D eigenvalue weighted by atomic mass is 35.5. The number of rotatable bonds is 7. The molecule has 2 aromatic heterocycles. The highest BCUT2D eigenvalue weighted by molar-refractivity contribution is 7.98. The fourth-order valence-electron chi connectivity index (χ4n) is 3.07. The van der Waals surface area contributed by atoms with Gasteiger partial charge in [0.2, 0.25) is 5.95 Å². The molecule has 158 valence electrons. The highest BCUT2D eigenvalue weighted by Gasteiger charge is 2.24. The van der Waals surface area contributed by atoms with Crippen molar-refractivity contribution in [3.05, 3.63) is 41.2 Å². The molecule has 3 aromatic rings. The Bertz CT molecular complexity index is 1000. The van der Waals surface area contributed by atoms with Crippen LogP contribution in [0.3, 0.4) is 0 Å². The third-order valence-electron chi connectivity index (χ3n) is 4.59. The molecule has 0 unspecified atom stereocenters. The van der Waals surface area contributed by atoms with Gasteiger partial charge >= 0.3 is 0 Å². The Hall–Kier alpha value is -1.85. The predicted molar refractivity (Wildman–Crippen MR) is 122 cm³/mol. The quantitative estimate of drug-likeness (QED) is 0.309. The molecule has 0 amide bonds. The van der Waals surface area contributed by atoms with E-state index in [0.29, 0.717) is 64.7 Å². The first kappa shape index (κ1) is 21.4. The van der Waals surface area contributed by atoms with Crippen molar-refractivity contribution in [2.75, 3.05) is 48.0 Å². The summed E-state index contributed by atoms with van der Waals surface area (Å²) in [5.74, 6) is 3.04. The molecule has 0 atom stereocenters. The molecule has 3 heterocycles. The minimum atomic E-state index is -0.789. The number of anilines is 2. The Morgan fingerprint density at radius 3 is 2.63 bits per heavy atom. The lowest BCUT2D eigenvalue weighted by Crippen LogP contribution is -2.41. The van der Waals surface area contributed by atoms with Crippen LogP contribution in [0.15, 0.2) is 35.6 Å². The first-order valence-corrected chi connectivity index (χ1v) is 12.3. The standard InChI is InChI=1S/C19H21ClN6O2S2/c20-14-3-1-13(2-4-14)11-29-18-16-15(22-12-23-18)17(25-19(24-16)21-5-8-27)26-6-9-30(28)10-7-26/h1-4,12,27H,5-11H2,(H,21,24,25). The van der Waals surface area contributed by atoms with E-state index < -0.39 is 11.2 Å². The van der Waals surface area contributed by atoms with E-state index in [2.05, 4.69) is 30.2 Å². The fourth-order valence-corrected chi connectivity index (χ4v) is 5.14. The molecule has 0 spiro atoms. The maximum absolute atomic E-state index is 11.8. The van der Waals surface area contributed by atoms with Gasteiger partial charge in [0.15, 0.2) is 5.82 Å².